The van der Waals surface area contributed by atoms with Crippen molar-refractivity contribution in [2.75, 3.05) is 0 Å². The lowest BCUT2D eigenvalue weighted by molar-refractivity contribution is 0.653. The first-order valence-electron chi connectivity index (χ1n) is 5.42. The normalized spacial score (nSPS) is 19.4. The summed E-state index contributed by atoms with van der Waals surface area (Å²) >= 11 is 3.55. The molecule has 0 bridgehead atoms. The highest BCUT2D eigenvalue weighted by Crippen LogP contribution is 2.48. The van der Waals surface area contributed by atoms with Gasteiger partial charge in [0, 0.05) is 16.1 Å². The summed E-state index contributed by atoms with van der Waals surface area (Å²) in [6, 6.07) is 6.54. The third kappa shape index (κ3) is 1.19. The summed E-state index contributed by atoms with van der Waals surface area (Å²) in [5.41, 5.74) is 5.58. The van der Waals surface area contributed by atoms with Crippen LogP contribution in [0.2, 0.25) is 0 Å². The average molecular weight is 272 g/mol. The molecule has 3 rings (SSSR count). The Morgan fingerprint density at radius 3 is 2.88 bits per heavy atom. The summed E-state index contributed by atoms with van der Waals surface area (Å²) in [7, 11) is 0. The Morgan fingerprint density at radius 2 is 2.06 bits per heavy atom. The van der Waals surface area contributed by atoms with Crippen molar-refractivity contribution in [3.8, 4) is 0 Å². The van der Waals surface area contributed by atoms with Crippen molar-refractivity contribution in [1.29, 1.82) is 0 Å². The molecule has 16 heavy (non-hydrogen) atoms. The SMILES string of the molecule is CC1(C)C2=C(C=C[C+]=C2)c2ccc(Br)cc21. The summed E-state index contributed by atoms with van der Waals surface area (Å²) < 4.78 is 1.15. The smallest absolute Gasteiger partial charge is 0.0508 e. The van der Waals surface area contributed by atoms with Gasteiger partial charge in [-0.05, 0) is 31.5 Å². The number of allylic oxidation sites excluding steroid dienone is 6. The van der Waals surface area contributed by atoms with Gasteiger partial charge in [-0.3, -0.25) is 0 Å². The maximum absolute atomic E-state index is 3.55. The van der Waals surface area contributed by atoms with E-state index in [1.807, 2.05) is 6.08 Å². The van der Waals surface area contributed by atoms with E-state index in [0.717, 1.165) is 4.47 Å². The Kier molecular flexibility index (Phi) is 1.98. The molecule has 0 aromatic heterocycles. The first-order valence-corrected chi connectivity index (χ1v) is 6.21. The molecule has 0 saturated carbocycles. The van der Waals surface area contributed by atoms with Crippen molar-refractivity contribution in [3.05, 3.63) is 63.7 Å². The Hall–Kier alpha value is -1.17. The lowest BCUT2D eigenvalue weighted by Crippen LogP contribution is -2.16. The maximum atomic E-state index is 3.55. The zero-order valence-corrected chi connectivity index (χ0v) is 10.9. The van der Waals surface area contributed by atoms with Crippen molar-refractivity contribution in [2.45, 2.75) is 19.3 Å². The van der Waals surface area contributed by atoms with E-state index in [9.17, 15) is 0 Å². The first-order chi connectivity index (χ1) is 7.60. The number of benzene rings is 1. The highest BCUT2D eigenvalue weighted by atomic mass is 79.9. The fraction of sp³-hybridized carbons (Fsp3) is 0.200. The highest BCUT2D eigenvalue weighted by Gasteiger charge is 2.41. The third-order valence-corrected chi connectivity index (χ3v) is 3.98. The molecule has 0 spiro atoms. The van der Waals surface area contributed by atoms with E-state index in [1.54, 1.807) is 0 Å². The minimum absolute atomic E-state index is 0.0895. The molecule has 1 aromatic carbocycles. The van der Waals surface area contributed by atoms with Gasteiger partial charge in [-0.1, -0.05) is 22.0 Å². The van der Waals surface area contributed by atoms with Crippen LogP contribution in [-0.2, 0) is 5.41 Å². The Morgan fingerprint density at radius 1 is 1.25 bits per heavy atom. The Bertz CT molecular complexity index is 557. The molecule has 2 aliphatic rings. The molecule has 0 radical (unpaired) electrons. The van der Waals surface area contributed by atoms with Gasteiger partial charge < -0.3 is 0 Å². The van der Waals surface area contributed by atoms with Gasteiger partial charge in [-0.25, -0.2) is 0 Å². The van der Waals surface area contributed by atoms with E-state index >= 15 is 0 Å². The van der Waals surface area contributed by atoms with Crippen molar-refractivity contribution >= 4 is 21.5 Å². The quantitative estimate of drug-likeness (QED) is 0.613. The third-order valence-electron chi connectivity index (χ3n) is 3.48. The van der Waals surface area contributed by atoms with E-state index in [1.165, 1.54) is 22.3 Å². The molecular formula is C15H12Br+. The minimum atomic E-state index is 0.0895. The number of halogens is 1. The van der Waals surface area contributed by atoms with E-state index in [4.69, 9.17) is 0 Å². The molecular weight excluding hydrogens is 260 g/mol. The zero-order valence-electron chi connectivity index (χ0n) is 9.34. The van der Waals surface area contributed by atoms with Crippen LogP contribution >= 0.6 is 15.9 Å². The lowest BCUT2D eigenvalue weighted by atomic mass is 9.80. The van der Waals surface area contributed by atoms with E-state index in [-0.39, 0.29) is 5.41 Å². The number of hydrogen-bond acceptors (Lipinski definition) is 0. The zero-order chi connectivity index (χ0) is 11.3. The fourth-order valence-electron chi connectivity index (χ4n) is 2.60. The van der Waals surface area contributed by atoms with Gasteiger partial charge in [-0.2, -0.15) is 0 Å². The second kappa shape index (κ2) is 3.16. The van der Waals surface area contributed by atoms with Gasteiger partial charge in [0.05, 0.1) is 22.6 Å². The highest BCUT2D eigenvalue weighted by molar-refractivity contribution is 9.10. The average Bonchev–Trinajstić information content (AvgIpc) is 2.49. The van der Waals surface area contributed by atoms with Crippen molar-refractivity contribution in [2.24, 2.45) is 0 Å². The van der Waals surface area contributed by atoms with E-state index < -0.39 is 0 Å². The molecule has 1 heteroatoms. The van der Waals surface area contributed by atoms with Crippen LogP contribution in [0.3, 0.4) is 0 Å². The van der Waals surface area contributed by atoms with Crippen LogP contribution < -0.4 is 0 Å². The molecule has 2 aliphatic carbocycles. The molecule has 0 heterocycles. The summed E-state index contributed by atoms with van der Waals surface area (Å²) in [5, 5.41) is 0. The summed E-state index contributed by atoms with van der Waals surface area (Å²) in [4.78, 5) is 0. The lowest BCUT2D eigenvalue weighted by Gasteiger charge is -2.18. The van der Waals surface area contributed by atoms with Gasteiger partial charge >= 0.3 is 0 Å². The monoisotopic (exact) mass is 271 g/mol. The fourth-order valence-corrected chi connectivity index (χ4v) is 2.96. The van der Waals surface area contributed by atoms with Gasteiger partial charge in [0.1, 0.15) is 12.2 Å². The number of rotatable bonds is 0. The molecule has 0 unspecified atom stereocenters. The van der Waals surface area contributed by atoms with Crippen LogP contribution in [0.5, 0.6) is 0 Å². The number of hydrogen-bond donors (Lipinski definition) is 0. The van der Waals surface area contributed by atoms with E-state index in [0.29, 0.717) is 0 Å². The topological polar surface area (TPSA) is 0 Å². The molecule has 0 nitrogen and oxygen atoms in total. The summed E-state index contributed by atoms with van der Waals surface area (Å²) in [6.07, 6.45) is 9.46. The minimum Gasteiger partial charge on any atom is -0.0508 e. The van der Waals surface area contributed by atoms with Crippen molar-refractivity contribution in [3.63, 3.8) is 0 Å². The van der Waals surface area contributed by atoms with Crippen molar-refractivity contribution < 1.29 is 0 Å². The molecule has 0 fully saturated rings. The largest absolute Gasteiger partial charge is 0.107 e. The van der Waals surface area contributed by atoms with Crippen molar-refractivity contribution in [1.82, 2.24) is 0 Å². The van der Waals surface area contributed by atoms with Crippen LogP contribution in [0.1, 0.15) is 25.0 Å². The Labute approximate surface area is 105 Å². The standard InChI is InChI=1S/C15H12Br/c1-15(2)13-6-4-3-5-11(13)12-8-7-10(16)9-14(12)15/h3,5-9H,1-2H3/q+1. The molecule has 0 N–H and O–H groups in total. The predicted octanol–water partition coefficient (Wildman–Crippen LogP) is 4.42. The molecule has 1 aromatic rings. The summed E-state index contributed by atoms with van der Waals surface area (Å²) in [5.74, 6) is 0. The van der Waals surface area contributed by atoms with Crippen LogP contribution in [0.25, 0.3) is 5.57 Å². The molecule has 0 aliphatic heterocycles. The number of fused-ring (bicyclic) bond motifs is 2. The van der Waals surface area contributed by atoms with Crippen LogP contribution in [0.4, 0.5) is 0 Å². The van der Waals surface area contributed by atoms with Crippen LogP contribution in [0.15, 0.2) is 46.5 Å². The van der Waals surface area contributed by atoms with Gasteiger partial charge in [0.15, 0.2) is 0 Å². The predicted molar refractivity (Wildman–Crippen MR) is 71.0 cm³/mol. The maximum Gasteiger partial charge on any atom is 0.107 e. The van der Waals surface area contributed by atoms with Crippen LogP contribution in [-0.4, -0.2) is 0 Å². The first kappa shape index (κ1) is 10.0. The molecule has 78 valence electrons. The van der Waals surface area contributed by atoms with Gasteiger partial charge in [0.2, 0.25) is 0 Å². The second-order valence-corrected chi connectivity index (χ2v) is 5.70. The van der Waals surface area contributed by atoms with Crippen LogP contribution in [0, 0.1) is 6.08 Å². The van der Waals surface area contributed by atoms with Gasteiger partial charge in [0.25, 0.3) is 0 Å². The molecule has 0 amide bonds. The molecule has 0 saturated heterocycles. The van der Waals surface area contributed by atoms with Gasteiger partial charge in [-0.15, -0.1) is 0 Å². The van der Waals surface area contributed by atoms with E-state index in [2.05, 4.69) is 66.2 Å². The molecule has 0 atom stereocenters. The summed E-state index contributed by atoms with van der Waals surface area (Å²) in [6.45, 7) is 4.55. The Balaban J connectivity index is 2.33. The second-order valence-electron chi connectivity index (χ2n) is 4.79.